The van der Waals surface area contributed by atoms with E-state index < -0.39 is 0 Å². The molecule has 4 rings (SSSR count). The molecule has 0 bridgehead atoms. The van der Waals surface area contributed by atoms with Gasteiger partial charge in [-0.1, -0.05) is 35.9 Å². The molecule has 5 heteroatoms. The average Bonchev–Trinajstić information content (AvgIpc) is 2.82. The van der Waals surface area contributed by atoms with Gasteiger partial charge in [0.05, 0.1) is 17.5 Å². The first-order valence-electron chi connectivity index (χ1n) is 7.10. The van der Waals surface area contributed by atoms with Gasteiger partial charge in [-0.2, -0.15) is 0 Å². The molecule has 0 unspecified atom stereocenters. The Morgan fingerprint density at radius 2 is 1.95 bits per heavy atom. The average molecular weight is 329 g/mol. The van der Waals surface area contributed by atoms with Gasteiger partial charge in [-0.15, -0.1) is 11.8 Å². The fourth-order valence-electron chi connectivity index (χ4n) is 2.76. The predicted octanol–water partition coefficient (Wildman–Crippen LogP) is 4.28. The van der Waals surface area contributed by atoms with E-state index in [2.05, 4.69) is 6.07 Å². The van der Waals surface area contributed by atoms with Crippen molar-refractivity contribution in [3.63, 3.8) is 0 Å². The molecule has 2 aromatic carbocycles. The summed E-state index contributed by atoms with van der Waals surface area (Å²) in [6.45, 7) is 0.550. The number of aliphatic imine (C=N–C) groups is 1. The van der Waals surface area contributed by atoms with Crippen molar-refractivity contribution in [3.05, 3.63) is 59.1 Å². The minimum Gasteiger partial charge on any atom is -0.295 e. The highest BCUT2D eigenvalue weighted by Crippen LogP contribution is 2.42. The topological polar surface area (TPSA) is 32.7 Å². The third-order valence-corrected chi connectivity index (χ3v) is 5.36. The van der Waals surface area contributed by atoms with Crippen molar-refractivity contribution in [2.45, 2.75) is 23.1 Å². The van der Waals surface area contributed by atoms with Crippen molar-refractivity contribution in [1.29, 1.82) is 0 Å². The summed E-state index contributed by atoms with van der Waals surface area (Å²) < 4.78 is 0. The smallest absolute Gasteiger partial charge is 0.229 e. The third-order valence-electron chi connectivity index (χ3n) is 3.85. The van der Waals surface area contributed by atoms with Gasteiger partial charge < -0.3 is 0 Å². The Bertz CT molecular complexity index is 772. The minimum atomic E-state index is 0.134. The Hall–Kier alpha value is -1.78. The number of rotatable bonds is 2. The van der Waals surface area contributed by atoms with E-state index in [1.54, 1.807) is 16.7 Å². The summed E-state index contributed by atoms with van der Waals surface area (Å²) in [5, 5.41) is 0.837. The van der Waals surface area contributed by atoms with Gasteiger partial charge in [0.15, 0.2) is 0 Å². The normalized spacial score (nSPS) is 19.7. The Kier molecular flexibility index (Phi) is 3.43. The number of hydrogen-bond acceptors (Lipinski definition) is 3. The zero-order valence-corrected chi connectivity index (χ0v) is 13.3. The molecule has 0 aliphatic carbocycles. The number of hydrogen-bond donors (Lipinski definition) is 0. The van der Waals surface area contributed by atoms with E-state index in [1.807, 2.05) is 42.5 Å². The predicted molar refractivity (Wildman–Crippen MR) is 89.8 cm³/mol. The highest BCUT2D eigenvalue weighted by molar-refractivity contribution is 8.01. The highest BCUT2D eigenvalue weighted by Gasteiger charge is 2.39. The maximum Gasteiger partial charge on any atom is 0.229 e. The first-order valence-corrected chi connectivity index (χ1v) is 8.35. The maximum atomic E-state index is 12.4. The number of likely N-dealkylation sites (tertiary alicyclic amines) is 1. The highest BCUT2D eigenvalue weighted by atomic mass is 35.5. The van der Waals surface area contributed by atoms with Crippen LogP contribution in [0.15, 0.2) is 58.4 Å². The van der Waals surface area contributed by atoms with E-state index in [9.17, 15) is 4.79 Å². The SMILES string of the molecule is O=C1C[C@H]2Sc3ccccc3N=C2N1Cc1ccc(Cl)cc1. The van der Waals surface area contributed by atoms with Crippen LogP contribution in [0.4, 0.5) is 5.69 Å². The van der Waals surface area contributed by atoms with Crippen LogP contribution >= 0.6 is 23.4 Å². The molecule has 2 aliphatic heterocycles. The van der Waals surface area contributed by atoms with Crippen LogP contribution < -0.4 is 0 Å². The number of carbonyl (C=O) groups is 1. The van der Waals surface area contributed by atoms with Gasteiger partial charge in [0.2, 0.25) is 5.91 Å². The zero-order valence-electron chi connectivity index (χ0n) is 11.7. The van der Waals surface area contributed by atoms with E-state index in [1.165, 1.54) is 0 Å². The third kappa shape index (κ3) is 2.42. The molecule has 2 aromatic rings. The summed E-state index contributed by atoms with van der Waals surface area (Å²) in [4.78, 5) is 20.0. The van der Waals surface area contributed by atoms with Crippen molar-refractivity contribution in [3.8, 4) is 0 Å². The fraction of sp³-hybridized carbons (Fsp3) is 0.176. The van der Waals surface area contributed by atoms with Crippen LogP contribution in [0.2, 0.25) is 5.02 Å². The van der Waals surface area contributed by atoms with Gasteiger partial charge in [-0.3, -0.25) is 9.69 Å². The van der Waals surface area contributed by atoms with Crippen LogP contribution in [0, 0.1) is 0 Å². The molecule has 0 spiro atoms. The molecular formula is C17H13ClN2OS. The first-order chi connectivity index (χ1) is 10.7. The van der Waals surface area contributed by atoms with Crippen LogP contribution in [-0.2, 0) is 11.3 Å². The summed E-state index contributed by atoms with van der Waals surface area (Å²) in [5.74, 6) is 1.02. The van der Waals surface area contributed by atoms with Crippen molar-refractivity contribution in [2.24, 2.45) is 4.99 Å². The lowest BCUT2D eigenvalue weighted by Gasteiger charge is -2.23. The number of nitrogens with zero attached hydrogens (tertiary/aromatic N) is 2. The Morgan fingerprint density at radius 1 is 1.18 bits per heavy atom. The Balaban J connectivity index is 1.66. The maximum absolute atomic E-state index is 12.4. The summed E-state index contributed by atoms with van der Waals surface area (Å²) in [6.07, 6.45) is 0.519. The number of amidine groups is 1. The van der Waals surface area contributed by atoms with E-state index >= 15 is 0 Å². The molecule has 0 saturated carbocycles. The number of fused-ring (bicyclic) bond motifs is 2. The second-order valence-corrected chi connectivity index (χ2v) is 7.04. The minimum absolute atomic E-state index is 0.134. The molecule has 0 aromatic heterocycles. The molecule has 0 radical (unpaired) electrons. The largest absolute Gasteiger partial charge is 0.295 e. The lowest BCUT2D eigenvalue weighted by molar-refractivity contribution is -0.126. The number of carbonyl (C=O) groups excluding carboxylic acids is 1. The van der Waals surface area contributed by atoms with Crippen LogP contribution in [0.5, 0.6) is 0 Å². The lowest BCUT2D eigenvalue weighted by Crippen LogP contribution is -2.31. The molecule has 0 N–H and O–H groups in total. The Labute approximate surface area is 138 Å². The van der Waals surface area contributed by atoms with Gasteiger partial charge in [-0.05, 0) is 29.8 Å². The monoisotopic (exact) mass is 328 g/mol. The van der Waals surface area contributed by atoms with E-state index in [0.29, 0.717) is 18.0 Å². The van der Waals surface area contributed by atoms with Crippen LogP contribution in [-0.4, -0.2) is 21.9 Å². The lowest BCUT2D eigenvalue weighted by atomic mass is 10.2. The van der Waals surface area contributed by atoms with Gasteiger partial charge in [0.1, 0.15) is 5.84 Å². The summed E-state index contributed by atoms with van der Waals surface area (Å²) >= 11 is 7.65. The molecule has 22 heavy (non-hydrogen) atoms. The summed E-state index contributed by atoms with van der Waals surface area (Å²) in [5.41, 5.74) is 2.01. The first kappa shape index (κ1) is 13.9. The number of para-hydroxylation sites is 1. The number of thioether (sulfide) groups is 1. The molecule has 1 saturated heterocycles. The van der Waals surface area contributed by atoms with E-state index in [-0.39, 0.29) is 11.2 Å². The molecule has 3 nitrogen and oxygen atoms in total. The van der Waals surface area contributed by atoms with Crippen LogP contribution in [0.3, 0.4) is 0 Å². The number of benzene rings is 2. The van der Waals surface area contributed by atoms with Crippen molar-refractivity contribution < 1.29 is 4.79 Å². The summed E-state index contributed by atoms with van der Waals surface area (Å²) in [6, 6.07) is 15.6. The van der Waals surface area contributed by atoms with Gasteiger partial charge in [0, 0.05) is 16.3 Å². The van der Waals surface area contributed by atoms with Gasteiger partial charge >= 0.3 is 0 Å². The van der Waals surface area contributed by atoms with Crippen molar-refractivity contribution >= 4 is 40.8 Å². The van der Waals surface area contributed by atoms with E-state index in [0.717, 1.165) is 22.0 Å². The van der Waals surface area contributed by atoms with Gasteiger partial charge in [0.25, 0.3) is 0 Å². The number of halogens is 1. The fourth-order valence-corrected chi connectivity index (χ4v) is 4.09. The molecule has 1 atom stereocenters. The standard InChI is InChI=1S/C17H13ClN2OS/c18-12-7-5-11(6-8-12)10-20-16(21)9-15-17(20)19-13-3-1-2-4-14(13)22-15/h1-8,15H,9-10H2/t15-/m1/s1. The second-order valence-electron chi connectivity index (χ2n) is 5.35. The Morgan fingerprint density at radius 3 is 2.77 bits per heavy atom. The van der Waals surface area contributed by atoms with Crippen LogP contribution in [0.25, 0.3) is 0 Å². The number of amides is 1. The van der Waals surface area contributed by atoms with Gasteiger partial charge in [-0.25, -0.2) is 4.99 Å². The van der Waals surface area contributed by atoms with Crippen molar-refractivity contribution in [1.82, 2.24) is 4.90 Å². The van der Waals surface area contributed by atoms with Crippen LogP contribution in [0.1, 0.15) is 12.0 Å². The van der Waals surface area contributed by atoms with Crippen molar-refractivity contribution in [2.75, 3.05) is 0 Å². The quantitative estimate of drug-likeness (QED) is 0.824. The molecule has 110 valence electrons. The second kappa shape index (κ2) is 5.45. The molecule has 1 fully saturated rings. The molecular weight excluding hydrogens is 316 g/mol. The summed E-state index contributed by atoms with van der Waals surface area (Å²) in [7, 11) is 0. The molecule has 2 heterocycles. The van der Waals surface area contributed by atoms with E-state index in [4.69, 9.17) is 16.6 Å². The molecule has 2 aliphatic rings. The molecule has 1 amide bonds. The zero-order chi connectivity index (χ0) is 15.1.